The van der Waals surface area contributed by atoms with Crippen molar-refractivity contribution in [3.63, 3.8) is 0 Å². The van der Waals surface area contributed by atoms with Gasteiger partial charge in [0.05, 0.1) is 12.1 Å². The summed E-state index contributed by atoms with van der Waals surface area (Å²) in [6.45, 7) is 0.568. The number of nitrogens with two attached hydrogens (primary N) is 2. The summed E-state index contributed by atoms with van der Waals surface area (Å²) in [5.41, 5.74) is 15.3. The lowest BCUT2D eigenvalue weighted by atomic mass is 10.1. The number of hydrogen-bond acceptors (Lipinski definition) is 6. The lowest BCUT2D eigenvalue weighted by Gasteiger charge is -2.05. The topological polar surface area (TPSA) is 103 Å². The summed E-state index contributed by atoms with van der Waals surface area (Å²) in [5, 5.41) is 0.798. The minimum absolute atomic E-state index is 0.446. The Bertz CT molecular complexity index is 871. The van der Waals surface area contributed by atoms with E-state index in [0.29, 0.717) is 12.4 Å². The van der Waals surface area contributed by atoms with Crippen LogP contribution in [-0.2, 0) is 6.54 Å². The number of anilines is 1. The molecule has 114 valence electrons. The molecule has 0 bridgehead atoms. The SMILES string of the molecule is NC=C(C=NCc1ccncc1)c1ccc2ncnc(N)c2c1. The van der Waals surface area contributed by atoms with E-state index in [1.165, 1.54) is 12.5 Å². The van der Waals surface area contributed by atoms with Gasteiger partial charge in [-0.05, 0) is 35.4 Å². The van der Waals surface area contributed by atoms with Gasteiger partial charge in [-0.25, -0.2) is 9.97 Å². The lowest BCUT2D eigenvalue weighted by Crippen LogP contribution is -1.96. The van der Waals surface area contributed by atoms with E-state index in [1.54, 1.807) is 18.6 Å². The molecule has 0 radical (unpaired) electrons. The van der Waals surface area contributed by atoms with E-state index < -0.39 is 0 Å². The van der Waals surface area contributed by atoms with Crippen LogP contribution in [0.5, 0.6) is 0 Å². The second-order valence-electron chi connectivity index (χ2n) is 4.94. The fourth-order valence-corrected chi connectivity index (χ4v) is 2.21. The molecular formula is C17H16N6. The fraction of sp³-hybridized carbons (Fsp3) is 0.0588. The van der Waals surface area contributed by atoms with Crippen LogP contribution < -0.4 is 11.5 Å². The standard InChI is InChI=1S/C17H16N6/c18-8-14(10-21-9-12-3-5-20-6-4-12)13-1-2-16-15(7-13)17(19)23-11-22-16/h1-8,10-11H,9,18H2,(H2,19,22,23). The van der Waals surface area contributed by atoms with Crippen LogP contribution in [-0.4, -0.2) is 21.2 Å². The van der Waals surface area contributed by atoms with Crippen molar-refractivity contribution < 1.29 is 0 Å². The van der Waals surface area contributed by atoms with Crippen molar-refractivity contribution in [3.05, 3.63) is 66.4 Å². The second-order valence-corrected chi connectivity index (χ2v) is 4.94. The molecule has 0 saturated carbocycles. The van der Waals surface area contributed by atoms with Gasteiger partial charge in [-0.3, -0.25) is 9.98 Å². The third-order valence-electron chi connectivity index (χ3n) is 3.43. The van der Waals surface area contributed by atoms with Crippen molar-refractivity contribution >= 4 is 28.5 Å². The molecule has 0 spiro atoms. The summed E-state index contributed by atoms with van der Waals surface area (Å²) < 4.78 is 0. The minimum Gasteiger partial charge on any atom is -0.404 e. The molecule has 1 aromatic carbocycles. The molecule has 2 heterocycles. The molecule has 23 heavy (non-hydrogen) atoms. The predicted octanol–water partition coefficient (Wildman–Crippen LogP) is 2.18. The highest BCUT2D eigenvalue weighted by Gasteiger charge is 2.04. The molecule has 0 aliphatic carbocycles. The van der Waals surface area contributed by atoms with Crippen LogP contribution in [0.2, 0.25) is 0 Å². The Labute approximate surface area is 133 Å². The Kier molecular flexibility index (Phi) is 4.24. The Hall–Kier alpha value is -3.28. The average Bonchev–Trinajstić information content (AvgIpc) is 2.60. The van der Waals surface area contributed by atoms with Crippen molar-refractivity contribution in [2.45, 2.75) is 6.54 Å². The first-order valence-corrected chi connectivity index (χ1v) is 7.09. The van der Waals surface area contributed by atoms with E-state index >= 15 is 0 Å². The van der Waals surface area contributed by atoms with Crippen molar-refractivity contribution in [2.24, 2.45) is 10.7 Å². The van der Waals surface area contributed by atoms with Gasteiger partial charge in [-0.1, -0.05) is 6.07 Å². The monoisotopic (exact) mass is 304 g/mol. The maximum absolute atomic E-state index is 5.90. The molecule has 6 nitrogen and oxygen atoms in total. The summed E-state index contributed by atoms with van der Waals surface area (Å²) in [6, 6.07) is 9.60. The number of aromatic nitrogens is 3. The molecule has 0 saturated heterocycles. The smallest absolute Gasteiger partial charge is 0.134 e. The average molecular weight is 304 g/mol. The maximum Gasteiger partial charge on any atom is 0.134 e. The van der Waals surface area contributed by atoms with Gasteiger partial charge in [0.2, 0.25) is 0 Å². The zero-order valence-electron chi connectivity index (χ0n) is 12.4. The minimum atomic E-state index is 0.446. The van der Waals surface area contributed by atoms with E-state index in [9.17, 15) is 0 Å². The second kappa shape index (κ2) is 6.65. The largest absolute Gasteiger partial charge is 0.404 e. The zero-order valence-corrected chi connectivity index (χ0v) is 12.4. The highest BCUT2D eigenvalue weighted by atomic mass is 14.9. The molecule has 0 amide bonds. The van der Waals surface area contributed by atoms with Crippen LogP contribution in [0.3, 0.4) is 0 Å². The van der Waals surface area contributed by atoms with Crippen molar-refractivity contribution in [3.8, 4) is 0 Å². The van der Waals surface area contributed by atoms with Gasteiger partial charge < -0.3 is 11.5 Å². The number of pyridine rings is 1. The summed E-state index contributed by atoms with van der Waals surface area (Å²) in [4.78, 5) is 16.6. The van der Waals surface area contributed by atoms with Gasteiger partial charge in [0.25, 0.3) is 0 Å². The van der Waals surface area contributed by atoms with Crippen LogP contribution >= 0.6 is 0 Å². The van der Waals surface area contributed by atoms with E-state index in [0.717, 1.165) is 27.6 Å². The molecular weight excluding hydrogens is 288 g/mol. The molecule has 0 aliphatic rings. The summed E-state index contributed by atoms with van der Waals surface area (Å²) in [7, 11) is 0. The van der Waals surface area contributed by atoms with Crippen molar-refractivity contribution in [1.82, 2.24) is 15.0 Å². The molecule has 4 N–H and O–H groups in total. The predicted molar refractivity (Wildman–Crippen MR) is 92.5 cm³/mol. The fourth-order valence-electron chi connectivity index (χ4n) is 2.21. The summed E-state index contributed by atoms with van der Waals surface area (Å²) in [6.07, 6.45) is 8.22. The van der Waals surface area contributed by atoms with E-state index in [2.05, 4.69) is 19.9 Å². The third kappa shape index (κ3) is 3.32. The van der Waals surface area contributed by atoms with Gasteiger partial charge in [0.15, 0.2) is 0 Å². The normalized spacial score (nSPS) is 12.1. The quantitative estimate of drug-likeness (QED) is 0.719. The lowest BCUT2D eigenvalue weighted by molar-refractivity contribution is 1.07. The summed E-state index contributed by atoms with van der Waals surface area (Å²) >= 11 is 0. The molecule has 0 atom stereocenters. The van der Waals surface area contributed by atoms with E-state index in [4.69, 9.17) is 11.5 Å². The van der Waals surface area contributed by atoms with Crippen LogP contribution in [0, 0.1) is 0 Å². The summed E-state index contributed by atoms with van der Waals surface area (Å²) in [5.74, 6) is 0.446. The molecule has 0 unspecified atom stereocenters. The van der Waals surface area contributed by atoms with Crippen LogP contribution in [0.1, 0.15) is 11.1 Å². The van der Waals surface area contributed by atoms with Crippen molar-refractivity contribution in [1.29, 1.82) is 0 Å². The third-order valence-corrected chi connectivity index (χ3v) is 3.43. The highest BCUT2D eigenvalue weighted by molar-refractivity contribution is 6.10. The molecule has 0 aliphatic heterocycles. The van der Waals surface area contributed by atoms with Crippen LogP contribution in [0.4, 0.5) is 5.82 Å². The Morgan fingerprint density at radius 1 is 1.13 bits per heavy atom. The van der Waals surface area contributed by atoms with Gasteiger partial charge >= 0.3 is 0 Å². The zero-order chi connectivity index (χ0) is 16.1. The highest BCUT2D eigenvalue weighted by Crippen LogP contribution is 2.21. The molecule has 0 fully saturated rings. The molecule has 2 aromatic heterocycles. The number of benzene rings is 1. The van der Waals surface area contributed by atoms with Crippen LogP contribution in [0.15, 0.2) is 60.2 Å². The Morgan fingerprint density at radius 2 is 1.96 bits per heavy atom. The van der Waals surface area contributed by atoms with Gasteiger partial charge in [-0.15, -0.1) is 0 Å². The maximum atomic E-state index is 5.90. The number of nitrogens with zero attached hydrogens (tertiary/aromatic N) is 4. The Balaban J connectivity index is 1.85. The van der Waals surface area contributed by atoms with Gasteiger partial charge in [0.1, 0.15) is 12.1 Å². The number of aliphatic imine (C=N–C) groups is 1. The van der Waals surface area contributed by atoms with Gasteiger partial charge in [0, 0.05) is 35.8 Å². The Morgan fingerprint density at radius 3 is 2.74 bits per heavy atom. The number of rotatable bonds is 4. The van der Waals surface area contributed by atoms with Crippen LogP contribution in [0.25, 0.3) is 16.5 Å². The van der Waals surface area contributed by atoms with Crippen molar-refractivity contribution in [2.75, 3.05) is 5.73 Å². The number of allylic oxidation sites excluding steroid dienone is 1. The van der Waals surface area contributed by atoms with E-state index in [1.807, 2.05) is 30.3 Å². The first kappa shape index (κ1) is 14.6. The molecule has 3 rings (SSSR count). The van der Waals surface area contributed by atoms with E-state index in [-0.39, 0.29) is 0 Å². The molecule has 6 heteroatoms. The first-order chi connectivity index (χ1) is 11.3. The van der Waals surface area contributed by atoms with Gasteiger partial charge in [-0.2, -0.15) is 0 Å². The number of hydrogen-bond donors (Lipinski definition) is 2. The number of nitrogen functional groups attached to an aromatic ring is 1. The molecule has 3 aromatic rings. The number of fused-ring (bicyclic) bond motifs is 1. The first-order valence-electron chi connectivity index (χ1n) is 7.09.